The van der Waals surface area contributed by atoms with Gasteiger partial charge in [0.05, 0.1) is 7.11 Å². The number of hydrogen-bond donors (Lipinski definition) is 1. The Morgan fingerprint density at radius 1 is 1.44 bits per heavy atom. The van der Waals surface area contributed by atoms with Gasteiger partial charge in [0.15, 0.2) is 5.16 Å². The van der Waals surface area contributed by atoms with Gasteiger partial charge in [0, 0.05) is 18.2 Å². The van der Waals surface area contributed by atoms with Crippen LogP contribution in [0.4, 0.5) is 0 Å². The molecule has 1 aromatic carbocycles. The van der Waals surface area contributed by atoms with Gasteiger partial charge in [-0.3, -0.25) is 4.79 Å². The molecule has 2 aromatic rings. The molecule has 0 radical (unpaired) electrons. The Hall–Kier alpha value is -1.75. The lowest BCUT2D eigenvalue weighted by atomic mass is 10.1. The second-order valence-corrected chi connectivity index (χ2v) is 4.57. The van der Waals surface area contributed by atoms with Crippen LogP contribution in [0.3, 0.4) is 0 Å². The van der Waals surface area contributed by atoms with Gasteiger partial charge in [-0.25, -0.2) is 4.98 Å². The third kappa shape index (κ3) is 2.92. The summed E-state index contributed by atoms with van der Waals surface area (Å²) in [5, 5.41) is 0.634. The van der Waals surface area contributed by atoms with Crippen molar-refractivity contribution in [3.05, 3.63) is 51.9 Å². The number of nitrogens with one attached hydrogen (secondary N) is 1. The zero-order valence-corrected chi connectivity index (χ0v) is 11.1. The summed E-state index contributed by atoms with van der Waals surface area (Å²) in [4.78, 5) is 18.7. The molecule has 5 heteroatoms. The minimum atomic E-state index is -0.0860. The predicted molar refractivity (Wildman–Crippen MR) is 72.4 cm³/mol. The lowest BCUT2D eigenvalue weighted by Gasteiger charge is -2.04. The van der Waals surface area contributed by atoms with Crippen LogP contribution in [-0.4, -0.2) is 23.3 Å². The van der Waals surface area contributed by atoms with Gasteiger partial charge < -0.3 is 9.72 Å². The van der Waals surface area contributed by atoms with E-state index < -0.39 is 0 Å². The number of methoxy groups -OCH3 is 1. The summed E-state index contributed by atoms with van der Waals surface area (Å²) in [6, 6.07) is 7.67. The van der Waals surface area contributed by atoms with Gasteiger partial charge in [-0.1, -0.05) is 23.9 Å². The van der Waals surface area contributed by atoms with Crippen LogP contribution in [0.1, 0.15) is 11.1 Å². The Labute approximate surface area is 109 Å². The maximum atomic E-state index is 11.8. The van der Waals surface area contributed by atoms with Gasteiger partial charge in [0.25, 0.3) is 5.56 Å². The van der Waals surface area contributed by atoms with E-state index in [1.165, 1.54) is 11.8 Å². The molecule has 94 valence electrons. The van der Waals surface area contributed by atoms with E-state index in [2.05, 4.69) is 9.97 Å². The van der Waals surface area contributed by atoms with Gasteiger partial charge in [-0.15, -0.1) is 0 Å². The summed E-state index contributed by atoms with van der Waals surface area (Å²) < 4.78 is 5.15. The molecule has 0 saturated heterocycles. The standard InChI is InChI=1S/C13H14N2O2S/c1-17-11-5-3-4-9(7-11)6-10-8-14-13(18-2)15-12(10)16/h3-5,7-8H,6H2,1-2H3,(H,14,15,16). The number of H-pyrrole nitrogens is 1. The Bertz CT molecular complexity index is 596. The van der Waals surface area contributed by atoms with Crippen LogP contribution < -0.4 is 10.3 Å². The van der Waals surface area contributed by atoms with E-state index in [0.717, 1.165) is 11.3 Å². The average Bonchev–Trinajstić information content (AvgIpc) is 2.41. The third-order valence-electron chi connectivity index (χ3n) is 2.57. The maximum Gasteiger partial charge on any atom is 0.255 e. The molecule has 0 unspecified atom stereocenters. The number of aromatic amines is 1. The van der Waals surface area contributed by atoms with E-state index in [4.69, 9.17) is 4.74 Å². The highest BCUT2D eigenvalue weighted by molar-refractivity contribution is 7.98. The van der Waals surface area contributed by atoms with Gasteiger partial charge in [0.1, 0.15) is 5.75 Å². The number of nitrogens with zero attached hydrogens (tertiary/aromatic N) is 1. The smallest absolute Gasteiger partial charge is 0.255 e. The summed E-state index contributed by atoms with van der Waals surface area (Å²) in [5.41, 5.74) is 1.59. The molecule has 0 spiro atoms. The largest absolute Gasteiger partial charge is 0.497 e. The van der Waals surface area contributed by atoms with E-state index in [9.17, 15) is 4.79 Å². The molecule has 0 saturated carbocycles. The number of hydrogen-bond acceptors (Lipinski definition) is 4. The molecule has 0 bridgehead atoms. The van der Waals surface area contributed by atoms with Crippen LogP contribution in [0.25, 0.3) is 0 Å². The van der Waals surface area contributed by atoms with Crippen molar-refractivity contribution >= 4 is 11.8 Å². The molecule has 0 aliphatic rings. The molecular weight excluding hydrogens is 248 g/mol. The van der Waals surface area contributed by atoms with Crippen LogP contribution in [0.15, 0.2) is 40.4 Å². The fourth-order valence-corrected chi connectivity index (χ4v) is 1.99. The molecule has 2 rings (SSSR count). The summed E-state index contributed by atoms with van der Waals surface area (Å²) in [7, 11) is 1.63. The highest BCUT2D eigenvalue weighted by Crippen LogP contribution is 2.15. The number of ether oxygens (including phenoxy) is 1. The minimum absolute atomic E-state index is 0.0860. The molecule has 18 heavy (non-hydrogen) atoms. The monoisotopic (exact) mass is 262 g/mol. The Morgan fingerprint density at radius 2 is 2.28 bits per heavy atom. The number of aromatic nitrogens is 2. The second kappa shape index (κ2) is 5.73. The highest BCUT2D eigenvalue weighted by Gasteiger charge is 2.04. The summed E-state index contributed by atoms with van der Waals surface area (Å²) in [6.07, 6.45) is 4.05. The van der Waals surface area contributed by atoms with E-state index in [0.29, 0.717) is 17.1 Å². The van der Waals surface area contributed by atoms with Crippen molar-refractivity contribution in [1.82, 2.24) is 9.97 Å². The second-order valence-electron chi connectivity index (χ2n) is 3.78. The van der Waals surface area contributed by atoms with Crippen molar-refractivity contribution in [2.45, 2.75) is 11.6 Å². The zero-order valence-electron chi connectivity index (χ0n) is 10.3. The van der Waals surface area contributed by atoms with Crippen molar-refractivity contribution in [2.24, 2.45) is 0 Å². The van der Waals surface area contributed by atoms with E-state index in [1.54, 1.807) is 13.3 Å². The highest BCUT2D eigenvalue weighted by atomic mass is 32.2. The number of thioether (sulfide) groups is 1. The van der Waals surface area contributed by atoms with Crippen molar-refractivity contribution in [1.29, 1.82) is 0 Å². The first-order valence-corrected chi connectivity index (χ1v) is 6.70. The van der Waals surface area contributed by atoms with Crippen LogP contribution in [0, 0.1) is 0 Å². The summed E-state index contributed by atoms with van der Waals surface area (Å²) in [5.74, 6) is 0.789. The topological polar surface area (TPSA) is 55.0 Å². The zero-order chi connectivity index (χ0) is 13.0. The van der Waals surface area contributed by atoms with Crippen molar-refractivity contribution < 1.29 is 4.74 Å². The third-order valence-corrected chi connectivity index (χ3v) is 3.17. The van der Waals surface area contributed by atoms with Crippen LogP contribution in [0.5, 0.6) is 5.75 Å². The maximum absolute atomic E-state index is 11.8. The molecule has 1 heterocycles. The lowest BCUT2D eigenvalue weighted by Crippen LogP contribution is -2.14. The molecule has 0 aliphatic heterocycles. The van der Waals surface area contributed by atoms with Gasteiger partial charge in [-0.2, -0.15) is 0 Å². The van der Waals surface area contributed by atoms with Gasteiger partial charge >= 0.3 is 0 Å². The predicted octanol–water partition coefficient (Wildman–Crippen LogP) is 2.09. The van der Waals surface area contributed by atoms with Crippen LogP contribution >= 0.6 is 11.8 Å². The summed E-state index contributed by atoms with van der Waals surface area (Å²) >= 11 is 1.42. The number of rotatable bonds is 4. The molecule has 0 amide bonds. The van der Waals surface area contributed by atoms with Gasteiger partial charge in [-0.05, 0) is 24.0 Å². The first kappa shape index (κ1) is 12.7. The SMILES string of the molecule is COc1cccc(Cc2cnc(SC)[nH]c2=O)c1. The molecule has 0 atom stereocenters. The quantitative estimate of drug-likeness (QED) is 0.677. The Balaban J connectivity index is 2.25. The minimum Gasteiger partial charge on any atom is -0.497 e. The molecule has 4 nitrogen and oxygen atoms in total. The molecule has 1 aromatic heterocycles. The average molecular weight is 262 g/mol. The van der Waals surface area contributed by atoms with Gasteiger partial charge in [0.2, 0.25) is 0 Å². The van der Waals surface area contributed by atoms with Crippen molar-refractivity contribution in [2.75, 3.05) is 13.4 Å². The Kier molecular flexibility index (Phi) is 4.04. The van der Waals surface area contributed by atoms with E-state index >= 15 is 0 Å². The molecular formula is C13H14N2O2S. The normalized spacial score (nSPS) is 10.3. The fourth-order valence-electron chi connectivity index (χ4n) is 1.64. The molecule has 0 fully saturated rings. The van der Waals surface area contributed by atoms with Crippen molar-refractivity contribution in [3.63, 3.8) is 0 Å². The van der Waals surface area contributed by atoms with Crippen LogP contribution in [0.2, 0.25) is 0 Å². The van der Waals surface area contributed by atoms with Crippen LogP contribution in [-0.2, 0) is 6.42 Å². The lowest BCUT2D eigenvalue weighted by molar-refractivity contribution is 0.414. The fraction of sp³-hybridized carbons (Fsp3) is 0.231. The molecule has 1 N–H and O–H groups in total. The summed E-state index contributed by atoms with van der Waals surface area (Å²) in [6.45, 7) is 0. The number of benzene rings is 1. The first-order valence-electron chi connectivity index (χ1n) is 5.48. The Morgan fingerprint density at radius 3 is 2.94 bits per heavy atom. The first-order chi connectivity index (χ1) is 8.72. The van der Waals surface area contributed by atoms with Crippen molar-refractivity contribution in [3.8, 4) is 5.75 Å². The van der Waals surface area contributed by atoms with E-state index in [1.807, 2.05) is 30.5 Å². The van der Waals surface area contributed by atoms with E-state index in [-0.39, 0.29) is 5.56 Å². The molecule has 0 aliphatic carbocycles.